The molecular weight excluding hydrogens is 214 g/mol. The van der Waals surface area contributed by atoms with Gasteiger partial charge in [0.2, 0.25) is 5.88 Å². The normalized spacial score (nSPS) is 9.94. The molecule has 1 aromatic carbocycles. The Hall–Kier alpha value is -2.16. The number of hydrogen-bond donors (Lipinski definition) is 0. The summed E-state index contributed by atoms with van der Waals surface area (Å²) in [6.45, 7) is 1.81. The molecule has 0 aliphatic rings. The minimum atomic E-state index is 0.0171. The van der Waals surface area contributed by atoms with Crippen molar-refractivity contribution in [2.75, 3.05) is 0 Å². The largest absolute Gasteiger partial charge is 0.439 e. The Morgan fingerprint density at radius 1 is 1.12 bits per heavy atom. The molecule has 1 heterocycles. The predicted molar refractivity (Wildman–Crippen MR) is 65.4 cm³/mol. The highest BCUT2D eigenvalue weighted by molar-refractivity contribution is 5.94. The zero-order valence-corrected chi connectivity index (χ0v) is 9.59. The van der Waals surface area contributed by atoms with Gasteiger partial charge in [-0.3, -0.25) is 4.79 Å². The van der Waals surface area contributed by atoms with Crippen LogP contribution in [0, 0.1) is 0 Å². The molecule has 0 atom stereocenters. The van der Waals surface area contributed by atoms with E-state index < -0.39 is 0 Å². The van der Waals surface area contributed by atoms with E-state index in [4.69, 9.17) is 4.74 Å². The third-order valence-corrected chi connectivity index (χ3v) is 2.30. The van der Waals surface area contributed by atoms with Crippen molar-refractivity contribution in [3.8, 4) is 11.6 Å². The van der Waals surface area contributed by atoms with Crippen molar-refractivity contribution in [1.82, 2.24) is 4.98 Å². The summed E-state index contributed by atoms with van der Waals surface area (Å²) in [6.07, 6.45) is 0.446. The molecule has 1 aromatic heterocycles. The molecular formula is C14H13NO2. The highest BCUT2D eigenvalue weighted by Gasteiger charge is 2.06. The standard InChI is InChI=1S/C14H13NO2/c1-2-13(16)12-9-6-10-14(15-12)17-11-7-4-3-5-8-11/h3-10H,2H2,1H3. The Morgan fingerprint density at radius 3 is 2.59 bits per heavy atom. The van der Waals surface area contributed by atoms with Crippen LogP contribution in [0.5, 0.6) is 11.6 Å². The first kappa shape index (κ1) is 11.3. The van der Waals surface area contributed by atoms with Gasteiger partial charge in [-0.1, -0.05) is 31.2 Å². The van der Waals surface area contributed by atoms with Crippen LogP contribution in [0.1, 0.15) is 23.8 Å². The lowest BCUT2D eigenvalue weighted by atomic mass is 10.2. The van der Waals surface area contributed by atoms with Crippen LogP contribution < -0.4 is 4.74 Å². The molecule has 3 nitrogen and oxygen atoms in total. The van der Waals surface area contributed by atoms with Crippen molar-refractivity contribution in [1.29, 1.82) is 0 Å². The number of carbonyl (C=O) groups is 1. The minimum Gasteiger partial charge on any atom is -0.439 e. The lowest BCUT2D eigenvalue weighted by molar-refractivity contribution is 0.0982. The number of pyridine rings is 1. The number of hydrogen-bond acceptors (Lipinski definition) is 3. The Bertz CT molecular complexity index is 509. The number of para-hydroxylation sites is 1. The third-order valence-electron chi connectivity index (χ3n) is 2.30. The molecule has 0 aliphatic heterocycles. The molecule has 0 unspecified atom stereocenters. The van der Waals surface area contributed by atoms with Crippen molar-refractivity contribution >= 4 is 5.78 Å². The van der Waals surface area contributed by atoms with Crippen molar-refractivity contribution in [2.24, 2.45) is 0 Å². The number of ether oxygens (including phenoxy) is 1. The van der Waals surface area contributed by atoms with E-state index in [1.165, 1.54) is 0 Å². The smallest absolute Gasteiger partial charge is 0.219 e. The molecule has 0 saturated heterocycles. The summed E-state index contributed by atoms with van der Waals surface area (Å²) in [7, 11) is 0. The van der Waals surface area contributed by atoms with E-state index >= 15 is 0 Å². The number of benzene rings is 1. The first-order chi connectivity index (χ1) is 8.29. The van der Waals surface area contributed by atoms with E-state index in [1.807, 2.05) is 37.3 Å². The van der Waals surface area contributed by atoms with Crippen LogP contribution in [0.25, 0.3) is 0 Å². The first-order valence-electron chi connectivity index (χ1n) is 5.52. The predicted octanol–water partition coefficient (Wildman–Crippen LogP) is 3.47. The van der Waals surface area contributed by atoms with Crippen LogP contribution >= 0.6 is 0 Å². The maximum Gasteiger partial charge on any atom is 0.219 e. The zero-order valence-electron chi connectivity index (χ0n) is 9.59. The average Bonchev–Trinajstić information content (AvgIpc) is 2.39. The summed E-state index contributed by atoms with van der Waals surface area (Å²) < 4.78 is 5.55. The molecule has 0 radical (unpaired) electrons. The van der Waals surface area contributed by atoms with E-state index in [0.29, 0.717) is 23.7 Å². The third kappa shape index (κ3) is 2.91. The second-order valence-electron chi connectivity index (χ2n) is 3.55. The van der Waals surface area contributed by atoms with Gasteiger partial charge in [0.15, 0.2) is 5.78 Å². The summed E-state index contributed by atoms with van der Waals surface area (Å²) in [6, 6.07) is 14.6. The van der Waals surface area contributed by atoms with Gasteiger partial charge in [-0.25, -0.2) is 4.98 Å². The highest BCUT2D eigenvalue weighted by Crippen LogP contribution is 2.18. The minimum absolute atomic E-state index is 0.0171. The van der Waals surface area contributed by atoms with Crippen molar-refractivity contribution in [3.05, 3.63) is 54.2 Å². The van der Waals surface area contributed by atoms with Gasteiger partial charge in [0, 0.05) is 12.5 Å². The fourth-order valence-corrected chi connectivity index (χ4v) is 1.42. The SMILES string of the molecule is CCC(=O)c1cccc(Oc2ccccc2)n1. The van der Waals surface area contributed by atoms with Gasteiger partial charge < -0.3 is 4.74 Å². The van der Waals surface area contributed by atoms with E-state index in [1.54, 1.807) is 18.2 Å². The molecule has 0 spiro atoms. The Kier molecular flexibility index (Phi) is 3.50. The van der Waals surface area contributed by atoms with Crippen LogP contribution in [0.15, 0.2) is 48.5 Å². The molecule has 86 valence electrons. The molecule has 0 aliphatic carbocycles. The van der Waals surface area contributed by atoms with Gasteiger partial charge in [0.1, 0.15) is 11.4 Å². The van der Waals surface area contributed by atoms with Crippen LogP contribution in [-0.4, -0.2) is 10.8 Å². The number of rotatable bonds is 4. The highest BCUT2D eigenvalue weighted by atomic mass is 16.5. The first-order valence-corrected chi connectivity index (χ1v) is 5.52. The summed E-state index contributed by atoms with van der Waals surface area (Å²) >= 11 is 0. The Labute approximate surface area is 100 Å². The topological polar surface area (TPSA) is 39.2 Å². The summed E-state index contributed by atoms with van der Waals surface area (Å²) in [5.41, 5.74) is 0.445. The zero-order chi connectivity index (χ0) is 12.1. The summed E-state index contributed by atoms with van der Waals surface area (Å²) in [4.78, 5) is 15.7. The molecule has 0 N–H and O–H groups in total. The van der Waals surface area contributed by atoms with E-state index in [9.17, 15) is 4.79 Å². The van der Waals surface area contributed by atoms with Crippen LogP contribution in [0.2, 0.25) is 0 Å². The molecule has 3 heteroatoms. The molecule has 0 amide bonds. The van der Waals surface area contributed by atoms with Crippen LogP contribution in [-0.2, 0) is 0 Å². The van der Waals surface area contributed by atoms with Gasteiger partial charge in [-0.2, -0.15) is 0 Å². The van der Waals surface area contributed by atoms with E-state index in [2.05, 4.69) is 4.98 Å². The lowest BCUT2D eigenvalue weighted by Gasteiger charge is -2.05. The number of ketones is 1. The van der Waals surface area contributed by atoms with E-state index in [0.717, 1.165) is 0 Å². The van der Waals surface area contributed by atoms with Crippen LogP contribution in [0.3, 0.4) is 0 Å². The number of nitrogens with zero attached hydrogens (tertiary/aromatic N) is 1. The maximum absolute atomic E-state index is 11.5. The summed E-state index contributed by atoms with van der Waals surface area (Å²) in [5, 5.41) is 0. The van der Waals surface area contributed by atoms with Crippen LogP contribution in [0.4, 0.5) is 0 Å². The fraction of sp³-hybridized carbons (Fsp3) is 0.143. The maximum atomic E-state index is 11.5. The van der Waals surface area contributed by atoms with Gasteiger partial charge in [0.05, 0.1) is 0 Å². The molecule has 2 rings (SSSR count). The fourth-order valence-electron chi connectivity index (χ4n) is 1.42. The van der Waals surface area contributed by atoms with E-state index in [-0.39, 0.29) is 5.78 Å². The monoisotopic (exact) mass is 227 g/mol. The number of Topliss-reactive ketones (excluding diaryl/α,β-unsaturated/α-hetero) is 1. The average molecular weight is 227 g/mol. The van der Waals surface area contributed by atoms with Crippen molar-refractivity contribution in [2.45, 2.75) is 13.3 Å². The van der Waals surface area contributed by atoms with Gasteiger partial charge >= 0.3 is 0 Å². The number of carbonyl (C=O) groups excluding carboxylic acids is 1. The lowest BCUT2D eigenvalue weighted by Crippen LogP contribution is -2.00. The van der Waals surface area contributed by atoms with Crippen molar-refractivity contribution < 1.29 is 9.53 Å². The summed E-state index contributed by atoms with van der Waals surface area (Å²) in [5.74, 6) is 1.17. The van der Waals surface area contributed by atoms with Gasteiger partial charge in [-0.05, 0) is 18.2 Å². The second-order valence-corrected chi connectivity index (χ2v) is 3.55. The molecule has 2 aromatic rings. The quantitative estimate of drug-likeness (QED) is 0.751. The Morgan fingerprint density at radius 2 is 1.88 bits per heavy atom. The number of aromatic nitrogens is 1. The molecule has 17 heavy (non-hydrogen) atoms. The molecule has 0 saturated carbocycles. The van der Waals surface area contributed by atoms with Crippen molar-refractivity contribution in [3.63, 3.8) is 0 Å². The van der Waals surface area contributed by atoms with Gasteiger partial charge in [0.25, 0.3) is 0 Å². The molecule has 0 fully saturated rings. The molecule has 0 bridgehead atoms. The Balaban J connectivity index is 2.20. The van der Waals surface area contributed by atoms with Gasteiger partial charge in [-0.15, -0.1) is 0 Å². The second kappa shape index (κ2) is 5.25.